The summed E-state index contributed by atoms with van der Waals surface area (Å²) in [7, 11) is 0. The highest BCUT2D eigenvalue weighted by Crippen LogP contribution is 2.11. The minimum atomic E-state index is -0.493. The van der Waals surface area contributed by atoms with E-state index in [0.29, 0.717) is 17.9 Å². The van der Waals surface area contributed by atoms with Gasteiger partial charge in [0.2, 0.25) is 5.91 Å². The number of rotatable bonds is 8. The number of primary amides is 1. The number of aryl methyl sites for hydroxylation is 1. The second kappa shape index (κ2) is 8.58. The normalized spacial score (nSPS) is 10.1. The zero-order valence-electron chi connectivity index (χ0n) is 12.8. The molecule has 0 aliphatic carbocycles. The van der Waals surface area contributed by atoms with Crippen LogP contribution in [0.4, 0.5) is 0 Å². The minimum absolute atomic E-state index is 0.0543. The maximum atomic E-state index is 11.7. The van der Waals surface area contributed by atoms with Crippen LogP contribution in [0, 0.1) is 0 Å². The Labute approximate surface area is 135 Å². The van der Waals surface area contributed by atoms with Gasteiger partial charge >= 0.3 is 0 Å². The van der Waals surface area contributed by atoms with Crippen molar-refractivity contribution in [2.75, 3.05) is 13.2 Å². The van der Waals surface area contributed by atoms with Gasteiger partial charge in [-0.1, -0.05) is 30.3 Å². The van der Waals surface area contributed by atoms with E-state index in [1.165, 1.54) is 5.56 Å². The number of amides is 2. The van der Waals surface area contributed by atoms with E-state index < -0.39 is 5.91 Å². The van der Waals surface area contributed by atoms with Gasteiger partial charge in [-0.3, -0.25) is 9.59 Å². The van der Waals surface area contributed by atoms with Crippen LogP contribution in [0.25, 0.3) is 0 Å². The Hall–Kier alpha value is -2.82. The number of ether oxygens (including phenoxy) is 1. The maximum absolute atomic E-state index is 11.7. The fourth-order valence-electron chi connectivity index (χ4n) is 2.08. The van der Waals surface area contributed by atoms with E-state index in [9.17, 15) is 9.59 Å². The van der Waals surface area contributed by atoms with Crippen LogP contribution in [0.1, 0.15) is 22.3 Å². The summed E-state index contributed by atoms with van der Waals surface area (Å²) in [6, 6.07) is 16.5. The van der Waals surface area contributed by atoms with Crippen LogP contribution in [0.2, 0.25) is 0 Å². The zero-order chi connectivity index (χ0) is 16.5. The second-order valence-electron chi connectivity index (χ2n) is 5.12. The van der Waals surface area contributed by atoms with E-state index >= 15 is 0 Å². The highest BCUT2D eigenvalue weighted by atomic mass is 16.5. The lowest BCUT2D eigenvalue weighted by molar-refractivity contribution is -0.123. The molecule has 23 heavy (non-hydrogen) atoms. The number of carbonyl (C=O) groups is 2. The molecular weight excluding hydrogens is 292 g/mol. The molecular formula is C18H20N2O3. The molecule has 2 aromatic carbocycles. The summed E-state index contributed by atoms with van der Waals surface area (Å²) >= 11 is 0. The smallest absolute Gasteiger partial charge is 0.257 e. The third-order valence-corrected chi connectivity index (χ3v) is 3.32. The quantitative estimate of drug-likeness (QED) is 0.731. The molecule has 2 amide bonds. The molecule has 0 radical (unpaired) electrons. The van der Waals surface area contributed by atoms with Gasteiger partial charge in [0.15, 0.2) is 6.61 Å². The van der Waals surface area contributed by atoms with Gasteiger partial charge in [0.1, 0.15) is 5.75 Å². The first-order valence-corrected chi connectivity index (χ1v) is 7.48. The van der Waals surface area contributed by atoms with Gasteiger partial charge in [0.05, 0.1) is 0 Å². The first-order valence-electron chi connectivity index (χ1n) is 7.48. The van der Waals surface area contributed by atoms with Crippen LogP contribution in [0.15, 0.2) is 54.6 Å². The first kappa shape index (κ1) is 16.5. The number of hydrogen-bond acceptors (Lipinski definition) is 3. The Balaban J connectivity index is 1.64. The topological polar surface area (TPSA) is 81.4 Å². The van der Waals surface area contributed by atoms with Crippen molar-refractivity contribution in [3.63, 3.8) is 0 Å². The molecule has 3 N–H and O–H groups in total. The van der Waals surface area contributed by atoms with Gasteiger partial charge in [-0.15, -0.1) is 0 Å². The van der Waals surface area contributed by atoms with Crippen molar-refractivity contribution in [2.24, 2.45) is 5.73 Å². The third-order valence-electron chi connectivity index (χ3n) is 3.32. The highest BCUT2D eigenvalue weighted by molar-refractivity contribution is 5.92. The van der Waals surface area contributed by atoms with Crippen LogP contribution in [0.5, 0.6) is 5.75 Å². The molecule has 0 atom stereocenters. The molecule has 0 unspecified atom stereocenters. The van der Waals surface area contributed by atoms with E-state index in [2.05, 4.69) is 17.4 Å². The molecule has 0 aliphatic rings. The van der Waals surface area contributed by atoms with Crippen molar-refractivity contribution in [3.8, 4) is 5.75 Å². The Morgan fingerprint density at radius 3 is 2.35 bits per heavy atom. The molecule has 0 saturated heterocycles. The predicted molar refractivity (Wildman–Crippen MR) is 88.2 cm³/mol. The molecule has 0 bridgehead atoms. The van der Waals surface area contributed by atoms with Crippen molar-refractivity contribution in [1.82, 2.24) is 5.32 Å². The molecule has 0 spiro atoms. The summed E-state index contributed by atoms with van der Waals surface area (Å²) in [5.41, 5.74) is 6.81. The number of benzene rings is 2. The Morgan fingerprint density at radius 1 is 1.00 bits per heavy atom. The van der Waals surface area contributed by atoms with Crippen molar-refractivity contribution in [1.29, 1.82) is 0 Å². The summed E-state index contributed by atoms with van der Waals surface area (Å²) in [4.78, 5) is 22.6. The Bertz CT molecular complexity index is 639. The second-order valence-corrected chi connectivity index (χ2v) is 5.12. The summed E-state index contributed by atoms with van der Waals surface area (Å²) < 4.78 is 5.35. The van der Waals surface area contributed by atoms with Gasteiger partial charge in [-0.05, 0) is 42.7 Å². The molecule has 5 heteroatoms. The average Bonchev–Trinajstić information content (AvgIpc) is 2.58. The Kier molecular flexibility index (Phi) is 6.17. The molecule has 120 valence electrons. The first-order chi connectivity index (χ1) is 11.1. The number of nitrogens with one attached hydrogen (secondary N) is 1. The van der Waals surface area contributed by atoms with Crippen molar-refractivity contribution >= 4 is 11.8 Å². The van der Waals surface area contributed by atoms with E-state index in [0.717, 1.165) is 12.8 Å². The van der Waals surface area contributed by atoms with Gasteiger partial charge in [0.25, 0.3) is 5.91 Å². The molecule has 2 aromatic rings. The lowest BCUT2D eigenvalue weighted by Gasteiger charge is -2.08. The van der Waals surface area contributed by atoms with Gasteiger partial charge < -0.3 is 15.8 Å². The lowest BCUT2D eigenvalue weighted by Crippen LogP contribution is -2.29. The van der Waals surface area contributed by atoms with Crippen molar-refractivity contribution in [2.45, 2.75) is 12.8 Å². The maximum Gasteiger partial charge on any atom is 0.257 e. The number of carbonyl (C=O) groups excluding carboxylic acids is 2. The summed E-state index contributed by atoms with van der Waals surface area (Å²) in [6.07, 6.45) is 1.81. The molecule has 5 nitrogen and oxygen atoms in total. The lowest BCUT2D eigenvalue weighted by atomic mass is 10.1. The monoisotopic (exact) mass is 312 g/mol. The van der Waals surface area contributed by atoms with Crippen LogP contribution in [-0.2, 0) is 11.2 Å². The summed E-state index contributed by atoms with van der Waals surface area (Å²) in [5, 5.41) is 2.81. The van der Waals surface area contributed by atoms with Crippen LogP contribution in [0.3, 0.4) is 0 Å². The molecule has 0 aliphatic heterocycles. The fraction of sp³-hybridized carbons (Fsp3) is 0.222. The van der Waals surface area contributed by atoms with Crippen LogP contribution >= 0.6 is 0 Å². The Morgan fingerprint density at radius 2 is 1.70 bits per heavy atom. The van der Waals surface area contributed by atoms with Gasteiger partial charge in [-0.2, -0.15) is 0 Å². The van der Waals surface area contributed by atoms with E-state index in [-0.39, 0.29) is 12.5 Å². The number of hydrogen-bond donors (Lipinski definition) is 2. The van der Waals surface area contributed by atoms with Gasteiger partial charge in [0, 0.05) is 12.1 Å². The molecule has 0 fully saturated rings. The predicted octanol–water partition coefficient (Wildman–Crippen LogP) is 1.91. The SMILES string of the molecule is NC(=O)c1ccc(OCC(=O)NCCCc2ccccc2)cc1. The number of nitrogens with two attached hydrogens (primary N) is 1. The van der Waals surface area contributed by atoms with E-state index in [1.54, 1.807) is 24.3 Å². The average molecular weight is 312 g/mol. The standard InChI is InChI=1S/C18H20N2O3/c19-18(22)15-8-10-16(11-9-15)23-13-17(21)20-12-4-7-14-5-2-1-3-6-14/h1-3,5-6,8-11H,4,7,12-13H2,(H2,19,22)(H,20,21). The highest BCUT2D eigenvalue weighted by Gasteiger charge is 2.04. The van der Waals surface area contributed by atoms with Crippen molar-refractivity contribution < 1.29 is 14.3 Å². The molecule has 0 saturated carbocycles. The van der Waals surface area contributed by atoms with Crippen molar-refractivity contribution in [3.05, 3.63) is 65.7 Å². The molecule has 0 heterocycles. The zero-order valence-corrected chi connectivity index (χ0v) is 12.8. The third kappa shape index (κ3) is 5.82. The molecule has 2 rings (SSSR count). The largest absolute Gasteiger partial charge is 0.484 e. The summed E-state index contributed by atoms with van der Waals surface area (Å²) in [5.74, 6) is -0.140. The van der Waals surface area contributed by atoms with Crippen LogP contribution in [-0.4, -0.2) is 25.0 Å². The van der Waals surface area contributed by atoms with Crippen LogP contribution < -0.4 is 15.8 Å². The minimum Gasteiger partial charge on any atom is -0.484 e. The van der Waals surface area contributed by atoms with Gasteiger partial charge in [-0.25, -0.2) is 0 Å². The van der Waals surface area contributed by atoms with E-state index in [4.69, 9.17) is 10.5 Å². The van der Waals surface area contributed by atoms with E-state index in [1.807, 2.05) is 18.2 Å². The molecule has 0 aromatic heterocycles. The fourth-order valence-corrected chi connectivity index (χ4v) is 2.08. The summed E-state index contributed by atoms with van der Waals surface area (Å²) in [6.45, 7) is 0.555.